The zero-order valence-electron chi connectivity index (χ0n) is 13.8. The van der Waals surface area contributed by atoms with Gasteiger partial charge in [-0.2, -0.15) is 0 Å². The van der Waals surface area contributed by atoms with E-state index in [0.29, 0.717) is 11.2 Å². The number of thiazole rings is 1. The molecule has 1 atom stereocenters. The highest BCUT2D eigenvalue weighted by molar-refractivity contribution is 7.22. The highest BCUT2D eigenvalue weighted by atomic mass is 32.1. The first-order valence-electron chi connectivity index (χ1n) is 8.31. The molecule has 1 saturated heterocycles. The largest absolute Gasteiger partial charge is 0.371 e. The van der Waals surface area contributed by atoms with E-state index in [0.717, 1.165) is 42.5 Å². The van der Waals surface area contributed by atoms with E-state index in [9.17, 15) is 13.6 Å². The Morgan fingerprint density at radius 2 is 2.08 bits per heavy atom. The molecule has 0 bridgehead atoms. The third kappa shape index (κ3) is 3.37. The topological polar surface area (TPSA) is 58.1 Å². The van der Waals surface area contributed by atoms with Crippen LogP contribution >= 0.6 is 11.3 Å². The van der Waals surface area contributed by atoms with Crippen LogP contribution in [0.2, 0.25) is 0 Å². The van der Waals surface area contributed by atoms with Crippen LogP contribution in [0.5, 0.6) is 0 Å². The third-order valence-corrected chi connectivity index (χ3v) is 5.38. The molecule has 3 aromatic rings. The number of carbonyl (C=O) groups excluding carboxylic acids is 1. The van der Waals surface area contributed by atoms with Gasteiger partial charge in [-0.1, -0.05) is 11.3 Å². The first-order chi connectivity index (χ1) is 12.6. The molecule has 0 radical (unpaired) electrons. The molecule has 1 unspecified atom stereocenters. The number of hydrogen-bond acceptors (Lipinski definition) is 5. The van der Waals surface area contributed by atoms with E-state index in [1.54, 1.807) is 12.4 Å². The Morgan fingerprint density at radius 1 is 1.27 bits per heavy atom. The first kappa shape index (κ1) is 16.8. The van der Waals surface area contributed by atoms with Crippen LogP contribution in [0.1, 0.15) is 12.8 Å². The molecule has 2 aromatic heterocycles. The molecule has 1 amide bonds. The highest BCUT2D eigenvalue weighted by Gasteiger charge is 2.27. The van der Waals surface area contributed by atoms with Gasteiger partial charge < -0.3 is 10.2 Å². The summed E-state index contributed by atoms with van der Waals surface area (Å²) in [4.78, 5) is 22.9. The lowest BCUT2D eigenvalue weighted by Crippen LogP contribution is -2.40. The summed E-state index contributed by atoms with van der Waals surface area (Å²) < 4.78 is 27.5. The monoisotopic (exact) mass is 374 g/mol. The van der Waals surface area contributed by atoms with Crippen molar-refractivity contribution in [1.29, 1.82) is 0 Å². The molecular weight excluding hydrogens is 358 g/mol. The van der Waals surface area contributed by atoms with Gasteiger partial charge in [-0.15, -0.1) is 0 Å². The molecule has 1 N–H and O–H groups in total. The molecular formula is C18H16F2N4OS. The summed E-state index contributed by atoms with van der Waals surface area (Å²) in [6.07, 6.45) is 5.14. The van der Waals surface area contributed by atoms with Gasteiger partial charge in [-0.3, -0.25) is 9.78 Å². The second-order valence-corrected chi connectivity index (χ2v) is 7.26. The van der Waals surface area contributed by atoms with Crippen molar-refractivity contribution in [3.05, 3.63) is 48.3 Å². The number of nitrogens with zero attached hydrogens (tertiary/aromatic N) is 3. The summed E-state index contributed by atoms with van der Waals surface area (Å²) in [5.41, 5.74) is 1.11. The van der Waals surface area contributed by atoms with Crippen molar-refractivity contribution in [2.24, 2.45) is 5.92 Å². The average molecular weight is 374 g/mol. The van der Waals surface area contributed by atoms with Crippen LogP contribution < -0.4 is 10.2 Å². The number of piperidine rings is 1. The summed E-state index contributed by atoms with van der Waals surface area (Å²) >= 11 is 1.07. The fourth-order valence-corrected chi connectivity index (χ4v) is 4.11. The Labute approximate surface area is 152 Å². The summed E-state index contributed by atoms with van der Waals surface area (Å²) in [7, 11) is 0. The zero-order chi connectivity index (χ0) is 18.1. The Hall–Kier alpha value is -2.61. The van der Waals surface area contributed by atoms with Crippen molar-refractivity contribution >= 4 is 38.3 Å². The highest BCUT2D eigenvalue weighted by Crippen LogP contribution is 2.30. The predicted molar refractivity (Wildman–Crippen MR) is 97.3 cm³/mol. The van der Waals surface area contributed by atoms with Gasteiger partial charge in [-0.25, -0.2) is 13.8 Å². The van der Waals surface area contributed by atoms with Crippen LogP contribution in [0, 0.1) is 17.6 Å². The van der Waals surface area contributed by atoms with Gasteiger partial charge in [0.05, 0.1) is 10.6 Å². The van der Waals surface area contributed by atoms with E-state index in [2.05, 4.69) is 20.2 Å². The normalized spacial score (nSPS) is 17.5. The number of hydrogen-bond donors (Lipinski definition) is 1. The number of rotatable bonds is 3. The second kappa shape index (κ2) is 6.95. The lowest BCUT2D eigenvalue weighted by atomic mass is 9.97. The number of pyridine rings is 1. The van der Waals surface area contributed by atoms with Crippen LogP contribution in [0.25, 0.3) is 10.2 Å². The number of carbonyl (C=O) groups is 1. The lowest BCUT2D eigenvalue weighted by Gasteiger charge is -2.33. The van der Waals surface area contributed by atoms with Crippen LogP contribution in [-0.4, -0.2) is 29.0 Å². The number of fused-ring (bicyclic) bond motifs is 1. The summed E-state index contributed by atoms with van der Waals surface area (Å²) in [5.74, 6) is -1.72. The Kier molecular flexibility index (Phi) is 4.50. The van der Waals surface area contributed by atoms with Gasteiger partial charge in [0.1, 0.15) is 11.3 Å². The number of aromatic nitrogens is 2. The predicted octanol–water partition coefficient (Wildman–Crippen LogP) is 3.82. The minimum Gasteiger partial charge on any atom is -0.371 e. The maximum absolute atomic E-state index is 13.8. The second-order valence-electron chi connectivity index (χ2n) is 6.23. The van der Waals surface area contributed by atoms with Gasteiger partial charge in [0.2, 0.25) is 5.91 Å². The minimum absolute atomic E-state index is 0.0776. The van der Waals surface area contributed by atoms with Crippen molar-refractivity contribution < 1.29 is 13.6 Å². The maximum atomic E-state index is 13.8. The molecule has 1 aromatic carbocycles. The van der Waals surface area contributed by atoms with Crippen LogP contribution in [0.3, 0.4) is 0 Å². The minimum atomic E-state index is -0.724. The molecule has 0 aliphatic carbocycles. The van der Waals surface area contributed by atoms with Crippen molar-refractivity contribution in [2.75, 3.05) is 23.3 Å². The fourth-order valence-electron chi connectivity index (χ4n) is 3.20. The van der Waals surface area contributed by atoms with Crippen LogP contribution in [-0.2, 0) is 4.79 Å². The van der Waals surface area contributed by atoms with Gasteiger partial charge in [-0.05, 0) is 31.0 Å². The van der Waals surface area contributed by atoms with E-state index in [4.69, 9.17) is 0 Å². The molecule has 1 fully saturated rings. The van der Waals surface area contributed by atoms with Crippen molar-refractivity contribution in [3.63, 3.8) is 0 Å². The molecule has 5 nitrogen and oxygen atoms in total. The van der Waals surface area contributed by atoms with Crippen LogP contribution in [0.4, 0.5) is 19.6 Å². The summed E-state index contributed by atoms with van der Waals surface area (Å²) in [6.45, 7) is 1.49. The molecule has 134 valence electrons. The van der Waals surface area contributed by atoms with Gasteiger partial charge >= 0.3 is 0 Å². The van der Waals surface area contributed by atoms with E-state index in [1.165, 1.54) is 6.07 Å². The molecule has 3 heterocycles. The van der Waals surface area contributed by atoms with Gasteiger partial charge in [0.25, 0.3) is 0 Å². The van der Waals surface area contributed by atoms with E-state index >= 15 is 0 Å². The Morgan fingerprint density at radius 3 is 2.88 bits per heavy atom. The molecule has 0 saturated carbocycles. The van der Waals surface area contributed by atoms with Crippen molar-refractivity contribution in [2.45, 2.75) is 12.8 Å². The first-order valence-corrected chi connectivity index (χ1v) is 9.13. The fraction of sp³-hybridized carbons (Fsp3) is 0.278. The number of nitrogens with one attached hydrogen (secondary N) is 1. The maximum Gasteiger partial charge on any atom is 0.231 e. The van der Waals surface area contributed by atoms with E-state index in [1.807, 2.05) is 12.1 Å². The van der Waals surface area contributed by atoms with Crippen molar-refractivity contribution in [1.82, 2.24) is 9.97 Å². The quantitative estimate of drug-likeness (QED) is 0.757. The number of amides is 1. The van der Waals surface area contributed by atoms with Crippen LogP contribution in [0.15, 0.2) is 36.7 Å². The summed E-state index contributed by atoms with van der Waals surface area (Å²) in [5, 5.41) is 3.05. The Bertz CT molecular complexity index is 947. The lowest BCUT2D eigenvalue weighted by molar-refractivity contribution is -0.120. The molecule has 26 heavy (non-hydrogen) atoms. The molecule has 8 heteroatoms. The number of anilines is 2. The Balaban J connectivity index is 1.48. The smallest absolute Gasteiger partial charge is 0.231 e. The average Bonchev–Trinajstić information content (AvgIpc) is 3.05. The van der Waals surface area contributed by atoms with Crippen molar-refractivity contribution in [3.8, 4) is 0 Å². The summed E-state index contributed by atoms with van der Waals surface area (Å²) in [6, 6.07) is 5.86. The van der Waals surface area contributed by atoms with Gasteiger partial charge in [0, 0.05) is 37.2 Å². The van der Waals surface area contributed by atoms with E-state index < -0.39 is 11.6 Å². The zero-order valence-corrected chi connectivity index (χ0v) is 14.6. The molecule has 1 aliphatic heterocycles. The number of halogens is 2. The van der Waals surface area contributed by atoms with Gasteiger partial charge in [0.15, 0.2) is 10.9 Å². The standard InChI is InChI=1S/C18H16F2N4OS/c19-12-8-14(20)16-15(9-12)26-18(22-16)23-17(25)11-2-1-7-24(10-11)13-3-5-21-6-4-13/h3-6,8-9,11H,1-2,7,10H2,(H,22,23,25). The molecule has 1 aliphatic rings. The SMILES string of the molecule is O=C(Nc1nc2c(F)cc(F)cc2s1)C1CCCN(c2ccncc2)C1. The third-order valence-electron chi connectivity index (χ3n) is 4.46. The molecule has 0 spiro atoms. The molecule has 4 rings (SSSR count). The van der Waals surface area contributed by atoms with E-state index in [-0.39, 0.29) is 22.5 Å². The number of benzene rings is 1.